The molecule has 0 atom stereocenters. The summed E-state index contributed by atoms with van der Waals surface area (Å²) < 4.78 is 19.5. The van der Waals surface area contributed by atoms with E-state index in [0.29, 0.717) is 20.3 Å². The number of benzene rings is 2. The van der Waals surface area contributed by atoms with E-state index >= 15 is 0 Å². The van der Waals surface area contributed by atoms with E-state index in [1.54, 1.807) is 12.1 Å². The fourth-order valence-electron chi connectivity index (χ4n) is 1.58. The van der Waals surface area contributed by atoms with Crippen molar-refractivity contribution >= 4 is 37.5 Å². The fraction of sp³-hybridized carbons (Fsp3) is 0.0769. The molecule has 0 aliphatic heterocycles. The smallest absolute Gasteiger partial charge is 0.277 e. The molecule has 2 aromatic carbocycles. The van der Waals surface area contributed by atoms with Crippen LogP contribution in [0.4, 0.5) is 10.1 Å². The van der Waals surface area contributed by atoms with Gasteiger partial charge < -0.3 is 4.74 Å². The fourth-order valence-corrected chi connectivity index (χ4v) is 2.39. The third-order valence-corrected chi connectivity index (χ3v) is 3.63. The van der Waals surface area contributed by atoms with Crippen LogP contribution in [-0.4, -0.2) is 4.92 Å². The van der Waals surface area contributed by atoms with E-state index in [1.807, 2.05) is 0 Å². The van der Waals surface area contributed by atoms with Crippen LogP contribution in [-0.2, 0) is 6.61 Å². The van der Waals surface area contributed by atoms with Crippen LogP contribution >= 0.6 is 31.9 Å². The zero-order valence-electron chi connectivity index (χ0n) is 9.98. The van der Waals surface area contributed by atoms with Crippen molar-refractivity contribution in [2.75, 3.05) is 0 Å². The number of halogens is 3. The summed E-state index contributed by atoms with van der Waals surface area (Å²) in [5, 5.41) is 11.0. The zero-order valence-corrected chi connectivity index (χ0v) is 13.1. The molecule has 0 spiro atoms. The summed E-state index contributed by atoms with van der Waals surface area (Å²) in [5.74, 6) is 0.0301. The molecule has 104 valence electrons. The summed E-state index contributed by atoms with van der Waals surface area (Å²) in [6, 6.07) is 8.72. The molecule has 0 saturated carbocycles. The first-order chi connectivity index (χ1) is 9.47. The Bertz CT molecular complexity index is 664. The first kappa shape index (κ1) is 14.9. The molecular weight excluding hydrogens is 397 g/mol. The molecule has 0 aromatic heterocycles. The predicted molar refractivity (Wildman–Crippen MR) is 79.2 cm³/mol. The summed E-state index contributed by atoms with van der Waals surface area (Å²) >= 11 is 6.36. The summed E-state index contributed by atoms with van der Waals surface area (Å²) in [4.78, 5) is 10.5. The van der Waals surface area contributed by atoms with Crippen LogP contribution in [0.1, 0.15) is 5.56 Å². The van der Waals surface area contributed by atoms with Gasteiger partial charge in [0.25, 0.3) is 5.69 Å². The van der Waals surface area contributed by atoms with Crippen LogP contribution in [0.15, 0.2) is 45.3 Å². The van der Waals surface area contributed by atoms with Gasteiger partial charge in [-0.05, 0) is 46.3 Å². The van der Waals surface area contributed by atoms with Crippen molar-refractivity contribution in [2.45, 2.75) is 6.61 Å². The average Bonchev–Trinajstić information content (AvgIpc) is 2.38. The summed E-state index contributed by atoms with van der Waals surface area (Å²) in [6.07, 6.45) is 0. The Morgan fingerprint density at radius 1 is 1.20 bits per heavy atom. The lowest BCUT2D eigenvalue weighted by Crippen LogP contribution is -2.01. The highest BCUT2D eigenvalue weighted by Crippen LogP contribution is 2.28. The van der Waals surface area contributed by atoms with Gasteiger partial charge in [0.2, 0.25) is 0 Å². The molecule has 0 heterocycles. The Hall–Kier alpha value is -1.47. The van der Waals surface area contributed by atoms with Crippen LogP contribution in [0, 0.1) is 15.9 Å². The number of nitrogens with zero attached hydrogens (tertiary/aromatic N) is 1. The minimum absolute atomic E-state index is 0.0217. The van der Waals surface area contributed by atoms with E-state index in [9.17, 15) is 14.5 Å². The van der Waals surface area contributed by atoms with Gasteiger partial charge in [-0.3, -0.25) is 10.1 Å². The quantitative estimate of drug-likeness (QED) is 0.541. The molecule has 0 bridgehead atoms. The van der Waals surface area contributed by atoms with Gasteiger partial charge in [-0.15, -0.1) is 0 Å². The molecule has 0 amide bonds. The maximum atomic E-state index is 12.9. The van der Waals surface area contributed by atoms with Crippen LogP contribution in [0.2, 0.25) is 0 Å². The van der Waals surface area contributed by atoms with Gasteiger partial charge in [-0.25, -0.2) is 4.39 Å². The van der Waals surface area contributed by atoms with Gasteiger partial charge in [-0.2, -0.15) is 0 Å². The standard InChI is InChI=1S/C13H8Br2FNO3/c14-9-2-1-8(12(5-9)17(18)19)7-20-13-4-3-10(16)6-11(13)15/h1-6H,7H2. The molecule has 0 fully saturated rings. The van der Waals surface area contributed by atoms with Crippen LogP contribution < -0.4 is 4.74 Å². The monoisotopic (exact) mass is 403 g/mol. The molecule has 0 unspecified atom stereocenters. The van der Waals surface area contributed by atoms with Crippen LogP contribution in [0.3, 0.4) is 0 Å². The van der Waals surface area contributed by atoms with Gasteiger partial charge in [0, 0.05) is 10.5 Å². The predicted octanol–water partition coefficient (Wildman–Crippen LogP) is 4.84. The lowest BCUT2D eigenvalue weighted by molar-refractivity contribution is -0.385. The molecule has 2 rings (SSSR count). The lowest BCUT2D eigenvalue weighted by atomic mass is 10.2. The van der Waals surface area contributed by atoms with E-state index in [0.717, 1.165) is 0 Å². The minimum Gasteiger partial charge on any atom is -0.487 e. The summed E-state index contributed by atoms with van der Waals surface area (Å²) in [5.41, 5.74) is 0.409. The van der Waals surface area contributed by atoms with Crippen molar-refractivity contribution in [1.29, 1.82) is 0 Å². The SMILES string of the molecule is O=[N+]([O-])c1cc(Br)ccc1COc1ccc(F)cc1Br. The lowest BCUT2D eigenvalue weighted by Gasteiger charge is -2.09. The Kier molecular flexibility index (Phi) is 4.72. The van der Waals surface area contributed by atoms with Crippen molar-refractivity contribution in [3.05, 3.63) is 66.8 Å². The highest BCUT2D eigenvalue weighted by molar-refractivity contribution is 9.10. The number of hydrogen-bond donors (Lipinski definition) is 0. The largest absolute Gasteiger partial charge is 0.487 e. The van der Waals surface area contributed by atoms with E-state index < -0.39 is 4.92 Å². The van der Waals surface area contributed by atoms with Crippen molar-refractivity contribution in [3.8, 4) is 5.75 Å². The second-order valence-corrected chi connectivity index (χ2v) is 5.66. The van der Waals surface area contributed by atoms with E-state index in [4.69, 9.17) is 4.74 Å². The van der Waals surface area contributed by atoms with E-state index in [-0.39, 0.29) is 18.1 Å². The first-order valence-corrected chi connectivity index (χ1v) is 7.06. The van der Waals surface area contributed by atoms with Crippen molar-refractivity contribution in [2.24, 2.45) is 0 Å². The molecule has 7 heteroatoms. The number of nitro groups is 1. The van der Waals surface area contributed by atoms with Crippen molar-refractivity contribution in [1.82, 2.24) is 0 Å². The highest BCUT2D eigenvalue weighted by atomic mass is 79.9. The maximum Gasteiger partial charge on any atom is 0.277 e. The molecular formula is C13H8Br2FNO3. The maximum absolute atomic E-state index is 12.9. The van der Waals surface area contributed by atoms with Gasteiger partial charge in [0.05, 0.1) is 15.0 Å². The van der Waals surface area contributed by atoms with Crippen molar-refractivity contribution in [3.63, 3.8) is 0 Å². The molecule has 0 saturated heterocycles. The third kappa shape index (κ3) is 3.55. The number of rotatable bonds is 4. The second-order valence-electron chi connectivity index (χ2n) is 3.89. The first-order valence-electron chi connectivity index (χ1n) is 5.48. The van der Waals surface area contributed by atoms with Gasteiger partial charge >= 0.3 is 0 Å². The topological polar surface area (TPSA) is 52.4 Å². The number of nitro benzene ring substituents is 1. The Morgan fingerprint density at radius 2 is 1.95 bits per heavy atom. The zero-order chi connectivity index (χ0) is 14.7. The Labute approximate surface area is 131 Å². The molecule has 0 aliphatic rings. The normalized spacial score (nSPS) is 10.3. The molecule has 4 nitrogen and oxygen atoms in total. The molecule has 0 aliphatic carbocycles. The highest BCUT2D eigenvalue weighted by Gasteiger charge is 2.15. The Morgan fingerprint density at radius 3 is 2.60 bits per heavy atom. The minimum atomic E-state index is -0.469. The average molecular weight is 405 g/mol. The van der Waals surface area contributed by atoms with Gasteiger partial charge in [0.15, 0.2) is 0 Å². The number of hydrogen-bond acceptors (Lipinski definition) is 3. The summed E-state index contributed by atoms with van der Waals surface area (Å²) in [7, 11) is 0. The van der Waals surface area contributed by atoms with Gasteiger partial charge in [-0.1, -0.05) is 15.9 Å². The van der Waals surface area contributed by atoms with Crippen molar-refractivity contribution < 1.29 is 14.1 Å². The Balaban J connectivity index is 2.20. The molecule has 0 radical (unpaired) electrons. The molecule has 20 heavy (non-hydrogen) atoms. The second kappa shape index (κ2) is 6.32. The number of ether oxygens (including phenoxy) is 1. The van der Waals surface area contributed by atoms with Gasteiger partial charge in [0.1, 0.15) is 18.2 Å². The third-order valence-electron chi connectivity index (χ3n) is 2.52. The van der Waals surface area contributed by atoms with E-state index in [2.05, 4.69) is 31.9 Å². The molecule has 2 aromatic rings. The summed E-state index contributed by atoms with van der Waals surface area (Å²) in [6.45, 7) is 0.0217. The van der Waals surface area contributed by atoms with E-state index in [1.165, 1.54) is 24.3 Å². The molecule has 0 N–H and O–H groups in total. The van der Waals surface area contributed by atoms with Crippen LogP contribution in [0.25, 0.3) is 0 Å². The van der Waals surface area contributed by atoms with Crippen LogP contribution in [0.5, 0.6) is 5.75 Å².